The van der Waals surface area contributed by atoms with Crippen LogP contribution in [0.15, 0.2) is 22.4 Å². The maximum Gasteiger partial charge on any atom is 0.404 e. The molecular formula is C20H25F3N6O4S2. The lowest BCUT2D eigenvalue weighted by Crippen LogP contribution is -2.33. The second-order valence-electron chi connectivity index (χ2n) is 8.56. The topological polar surface area (TPSA) is 126 Å². The number of aromatic nitrogens is 2. The van der Waals surface area contributed by atoms with Crippen molar-refractivity contribution in [2.75, 3.05) is 29.0 Å². The van der Waals surface area contributed by atoms with Gasteiger partial charge >= 0.3 is 12.1 Å². The predicted molar refractivity (Wildman–Crippen MR) is 125 cm³/mol. The van der Waals surface area contributed by atoms with Crippen LogP contribution in [-0.2, 0) is 21.2 Å². The van der Waals surface area contributed by atoms with E-state index in [-0.39, 0.29) is 40.1 Å². The van der Waals surface area contributed by atoms with Crippen molar-refractivity contribution < 1.29 is 31.1 Å². The number of azo groups is 1. The number of rotatable bonds is 8. The largest absolute Gasteiger partial charge is 0.460 e. The number of hydrogen-bond donors (Lipinski definition) is 1. The summed E-state index contributed by atoms with van der Waals surface area (Å²) in [7, 11) is -2.94. The third-order valence-electron chi connectivity index (χ3n) is 5.07. The van der Waals surface area contributed by atoms with Crippen LogP contribution in [0.4, 0.5) is 35.4 Å². The molecule has 0 amide bonds. The van der Waals surface area contributed by atoms with Gasteiger partial charge in [-0.05, 0) is 43.4 Å². The smallest absolute Gasteiger partial charge is 0.404 e. The van der Waals surface area contributed by atoms with Crippen LogP contribution in [0.25, 0.3) is 0 Å². The Balaban J connectivity index is 1.92. The van der Waals surface area contributed by atoms with Crippen LogP contribution in [0.5, 0.6) is 0 Å². The third kappa shape index (κ3) is 7.34. The number of nitrogens with zero attached hydrogens (tertiary/aromatic N) is 5. The van der Waals surface area contributed by atoms with E-state index in [2.05, 4.69) is 20.4 Å². The van der Waals surface area contributed by atoms with E-state index in [9.17, 15) is 26.4 Å². The molecule has 0 saturated heterocycles. The average Bonchev–Trinajstić information content (AvgIpc) is 3.21. The number of sulfonamides is 1. The number of ether oxygens (including phenoxy) is 1. The van der Waals surface area contributed by atoms with Crippen LogP contribution in [0, 0.1) is 5.92 Å². The normalized spacial score (nSPS) is 16.6. The number of carbonyl (C=O) groups is 1. The van der Waals surface area contributed by atoms with Crippen molar-refractivity contribution in [1.82, 2.24) is 10.2 Å². The lowest BCUT2D eigenvalue weighted by atomic mass is 9.96. The number of esters is 1. The van der Waals surface area contributed by atoms with Gasteiger partial charge in [-0.3, -0.25) is 4.72 Å². The van der Waals surface area contributed by atoms with E-state index in [1.807, 2.05) is 37.4 Å². The van der Waals surface area contributed by atoms with Gasteiger partial charge in [0.15, 0.2) is 5.75 Å². The van der Waals surface area contributed by atoms with Gasteiger partial charge in [0.25, 0.3) is 5.13 Å². The molecule has 1 aliphatic heterocycles. The standard InChI is InChI=1S/C20H25F3N6O4S2/c1-11(2)9-33-18(30)17-25-27-19(34-17)26-24-14-7-13-6-5-12(3)29(4)16(13)8-15(14)28-35(31,32)10-20(21,22)23/h7-8,11-12,28H,5-6,9-10H2,1-4H3. The molecule has 35 heavy (non-hydrogen) atoms. The minimum absolute atomic E-state index is 0.00550. The highest BCUT2D eigenvalue weighted by Crippen LogP contribution is 2.39. The summed E-state index contributed by atoms with van der Waals surface area (Å²) in [5.74, 6) is -2.57. The average molecular weight is 535 g/mol. The molecule has 1 aromatic carbocycles. The first kappa shape index (κ1) is 26.8. The molecule has 0 aliphatic carbocycles. The Morgan fingerprint density at radius 2 is 2.03 bits per heavy atom. The molecule has 1 aromatic heterocycles. The maximum absolute atomic E-state index is 12.8. The zero-order chi connectivity index (χ0) is 26.0. The first-order chi connectivity index (χ1) is 16.2. The van der Waals surface area contributed by atoms with Crippen LogP contribution < -0.4 is 9.62 Å². The summed E-state index contributed by atoms with van der Waals surface area (Å²) in [6.07, 6.45) is -3.42. The predicted octanol–water partition coefficient (Wildman–Crippen LogP) is 4.84. The van der Waals surface area contributed by atoms with Crippen molar-refractivity contribution in [2.45, 2.75) is 45.8 Å². The Morgan fingerprint density at radius 3 is 2.69 bits per heavy atom. The van der Waals surface area contributed by atoms with E-state index in [4.69, 9.17) is 4.74 Å². The van der Waals surface area contributed by atoms with Gasteiger partial charge in [0.1, 0.15) is 5.69 Å². The first-order valence-electron chi connectivity index (χ1n) is 10.6. The second-order valence-corrected chi connectivity index (χ2v) is 11.2. The molecule has 1 N–H and O–H groups in total. The Labute approximate surface area is 204 Å². The molecule has 2 aromatic rings. The number of anilines is 2. The number of carbonyl (C=O) groups excluding carboxylic acids is 1. The van der Waals surface area contributed by atoms with Crippen molar-refractivity contribution >= 4 is 49.5 Å². The summed E-state index contributed by atoms with van der Waals surface area (Å²) in [5.41, 5.74) is 1.38. The van der Waals surface area contributed by atoms with E-state index in [0.29, 0.717) is 12.1 Å². The fraction of sp³-hybridized carbons (Fsp3) is 0.550. The van der Waals surface area contributed by atoms with E-state index in [1.54, 1.807) is 6.07 Å². The van der Waals surface area contributed by atoms with Crippen molar-refractivity contribution in [2.24, 2.45) is 16.1 Å². The number of aryl methyl sites for hydroxylation is 1. The summed E-state index contributed by atoms with van der Waals surface area (Å²) < 4.78 is 69.6. The van der Waals surface area contributed by atoms with Gasteiger partial charge in [-0.25, -0.2) is 13.2 Å². The molecule has 1 atom stereocenters. The highest BCUT2D eigenvalue weighted by atomic mass is 32.2. The van der Waals surface area contributed by atoms with Gasteiger partial charge in [0.2, 0.25) is 15.0 Å². The summed E-state index contributed by atoms with van der Waals surface area (Å²) in [6, 6.07) is 3.18. The van der Waals surface area contributed by atoms with Crippen molar-refractivity contribution in [3.05, 3.63) is 22.7 Å². The van der Waals surface area contributed by atoms with Crippen LogP contribution in [-0.4, -0.2) is 56.2 Å². The first-order valence-corrected chi connectivity index (χ1v) is 13.1. The van der Waals surface area contributed by atoms with Crippen LogP contribution in [0.3, 0.4) is 0 Å². The summed E-state index contributed by atoms with van der Waals surface area (Å²) in [5, 5.41) is 15.4. The maximum atomic E-state index is 12.8. The van der Waals surface area contributed by atoms with E-state index < -0.39 is 27.9 Å². The van der Waals surface area contributed by atoms with Crippen molar-refractivity contribution in [3.8, 4) is 0 Å². The molecular weight excluding hydrogens is 509 g/mol. The minimum Gasteiger partial charge on any atom is -0.460 e. The van der Waals surface area contributed by atoms with E-state index in [0.717, 1.165) is 23.3 Å². The fourth-order valence-electron chi connectivity index (χ4n) is 3.27. The number of fused-ring (bicyclic) bond motifs is 1. The highest BCUT2D eigenvalue weighted by Gasteiger charge is 2.36. The Morgan fingerprint density at radius 1 is 1.31 bits per heavy atom. The quantitative estimate of drug-likeness (QED) is 0.379. The summed E-state index contributed by atoms with van der Waals surface area (Å²) in [4.78, 5) is 13.9. The number of alkyl halides is 3. The Bertz CT molecular complexity index is 1210. The molecule has 1 unspecified atom stereocenters. The molecule has 0 spiro atoms. The van der Waals surface area contributed by atoms with Gasteiger partial charge in [-0.2, -0.15) is 13.2 Å². The van der Waals surface area contributed by atoms with Crippen molar-refractivity contribution in [3.63, 3.8) is 0 Å². The monoisotopic (exact) mass is 534 g/mol. The number of nitrogens with one attached hydrogen (secondary N) is 1. The summed E-state index contributed by atoms with van der Waals surface area (Å²) in [6.45, 7) is 5.96. The molecule has 2 heterocycles. The fourth-order valence-corrected chi connectivity index (χ4v) is 4.83. The van der Waals surface area contributed by atoms with E-state index >= 15 is 0 Å². The SMILES string of the molecule is CC(C)COC(=O)c1nnc(N=Nc2cc3c(cc2NS(=O)(=O)CC(F)(F)F)N(C)C(C)CC3)s1. The number of benzene rings is 1. The van der Waals surface area contributed by atoms with Gasteiger partial charge < -0.3 is 9.64 Å². The Hall–Kier alpha value is -2.81. The minimum atomic E-state index is -4.92. The van der Waals surface area contributed by atoms with Gasteiger partial charge in [0, 0.05) is 18.8 Å². The molecule has 0 fully saturated rings. The molecule has 3 rings (SSSR count). The lowest BCUT2D eigenvalue weighted by Gasteiger charge is -2.34. The molecule has 0 radical (unpaired) electrons. The summed E-state index contributed by atoms with van der Waals surface area (Å²) >= 11 is 0.815. The van der Waals surface area contributed by atoms with Crippen molar-refractivity contribution in [1.29, 1.82) is 0 Å². The van der Waals surface area contributed by atoms with Crippen LogP contribution in [0.2, 0.25) is 0 Å². The van der Waals surface area contributed by atoms with E-state index in [1.165, 1.54) is 6.07 Å². The third-order valence-corrected chi connectivity index (χ3v) is 7.09. The van der Waals surface area contributed by atoms with Gasteiger partial charge in [0.05, 0.1) is 12.3 Å². The van der Waals surface area contributed by atoms with Crippen LogP contribution >= 0.6 is 11.3 Å². The van der Waals surface area contributed by atoms with Gasteiger partial charge in [-0.15, -0.1) is 20.4 Å². The number of halogens is 3. The number of hydrogen-bond acceptors (Lipinski definition) is 10. The molecule has 10 nitrogen and oxygen atoms in total. The Kier molecular flexibility index (Phi) is 7.99. The molecule has 0 saturated carbocycles. The van der Waals surface area contributed by atoms with Gasteiger partial charge in [-0.1, -0.05) is 25.2 Å². The zero-order valence-corrected chi connectivity index (χ0v) is 21.1. The molecule has 192 valence electrons. The molecule has 1 aliphatic rings. The second kappa shape index (κ2) is 10.4. The lowest BCUT2D eigenvalue weighted by molar-refractivity contribution is -0.106. The zero-order valence-electron chi connectivity index (χ0n) is 19.5. The highest BCUT2D eigenvalue weighted by molar-refractivity contribution is 7.92. The van der Waals surface area contributed by atoms with Crippen LogP contribution in [0.1, 0.15) is 42.6 Å². The molecule has 0 bridgehead atoms. The molecule has 15 heteroatoms.